The van der Waals surface area contributed by atoms with E-state index in [-0.39, 0.29) is 12.6 Å². The van der Waals surface area contributed by atoms with Gasteiger partial charge in [0.1, 0.15) is 0 Å². The molecule has 4 N–H and O–H groups in total. The monoisotopic (exact) mass is 234 g/mol. The van der Waals surface area contributed by atoms with Crippen LogP contribution in [0.3, 0.4) is 0 Å². The summed E-state index contributed by atoms with van der Waals surface area (Å²) < 4.78 is 0. The summed E-state index contributed by atoms with van der Waals surface area (Å²) in [7, 11) is 0. The minimum absolute atomic E-state index is 0.0473. The van der Waals surface area contributed by atoms with Gasteiger partial charge in [0.2, 0.25) is 0 Å². The molecule has 0 aromatic heterocycles. The van der Waals surface area contributed by atoms with Gasteiger partial charge in [-0.15, -0.1) is 0 Å². The lowest BCUT2D eigenvalue weighted by Crippen LogP contribution is -2.32. The van der Waals surface area contributed by atoms with Crippen LogP contribution in [0.15, 0.2) is 18.2 Å². The number of hydrogen-bond donors (Lipinski definition) is 3. The minimum Gasteiger partial charge on any atom is -0.395 e. The van der Waals surface area contributed by atoms with Gasteiger partial charge in [-0.05, 0) is 18.2 Å². The Balaban J connectivity index is 2.55. The second kappa shape index (κ2) is 5.41. The Morgan fingerprint density at radius 3 is 2.64 bits per heavy atom. The van der Waals surface area contributed by atoms with Crippen molar-refractivity contribution in [1.29, 1.82) is 0 Å². The number of anilines is 1. The Kier molecular flexibility index (Phi) is 4.48. The van der Waals surface area contributed by atoms with Gasteiger partial charge < -0.3 is 16.2 Å². The fourth-order valence-corrected chi connectivity index (χ4v) is 1.22. The lowest BCUT2D eigenvalue weighted by Gasteiger charge is -2.11. The number of halogens is 2. The van der Waals surface area contributed by atoms with Crippen molar-refractivity contribution in [2.45, 2.75) is 6.04 Å². The Hall–Kier alpha value is -0.480. The third kappa shape index (κ3) is 3.35. The van der Waals surface area contributed by atoms with E-state index < -0.39 is 0 Å². The molecule has 78 valence electrons. The summed E-state index contributed by atoms with van der Waals surface area (Å²) >= 11 is 11.6. The molecule has 0 saturated heterocycles. The molecule has 14 heavy (non-hydrogen) atoms. The highest BCUT2D eigenvalue weighted by molar-refractivity contribution is 6.42. The normalized spacial score (nSPS) is 12.6. The van der Waals surface area contributed by atoms with Crippen LogP contribution in [-0.4, -0.2) is 24.3 Å². The highest BCUT2D eigenvalue weighted by atomic mass is 35.5. The van der Waals surface area contributed by atoms with E-state index in [1.54, 1.807) is 18.2 Å². The molecule has 1 aromatic carbocycles. The van der Waals surface area contributed by atoms with Gasteiger partial charge in [-0.1, -0.05) is 23.2 Å². The molecule has 3 nitrogen and oxygen atoms in total. The molecule has 1 unspecified atom stereocenters. The summed E-state index contributed by atoms with van der Waals surface area (Å²) in [5.41, 5.74) is 6.35. The minimum atomic E-state index is -0.274. The molecule has 5 heteroatoms. The standard InChI is InChI=1S/C9H12Cl2N2O/c10-8-2-1-7(3-9(8)11)13-4-6(12)5-14/h1-3,6,13-14H,4-5,12H2. The Morgan fingerprint density at radius 2 is 2.07 bits per heavy atom. The molecule has 0 aliphatic heterocycles. The molecule has 0 aliphatic carbocycles. The summed E-state index contributed by atoms with van der Waals surface area (Å²) in [6, 6.07) is 4.95. The van der Waals surface area contributed by atoms with Crippen molar-refractivity contribution in [3.05, 3.63) is 28.2 Å². The third-order valence-corrected chi connectivity index (χ3v) is 2.46. The summed E-state index contributed by atoms with van der Waals surface area (Å²) in [5, 5.41) is 12.7. The molecule has 0 radical (unpaired) electrons. The van der Waals surface area contributed by atoms with E-state index in [4.69, 9.17) is 34.0 Å². The van der Waals surface area contributed by atoms with Crippen LogP contribution < -0.4 is 11.1 Å². The lowest BCUT2D eigenvalue weighted by atomic mass is 10.3. The van der Waals surface area contributed by atoms with Crippen molar-refractivity contribution in [3.63, 3.8) is 0 Å². The largest absolute Gasteiger partial charge is 0.395 e. The van der Waals surface area contributed by atoms with Gasteiger partial charge in [-0.3, -0.25) is 0 Å². The molecule has 0 heterocycles. The first-order chi connectivity index (χ1) is 6.63. The van der Waals surface area contributed by atoms with E-state index in [2.05, 4.69) is 5.32 Å². The second-order valence-corrected chi connectivity index (χ2v) is 3.77. The molecular weight excluding hydrogens is 223 g/mol. The van der Waals surface area contributed by atoms with Gasteiger partial charge in [0, 0.05) is 18.3 Å². The topological polar surface area (TPSA) is 58.3 Å². The van der Waals surface area contributed by atoms with Crippen LogP contribution in [0.4, 0.5) is 5.69 Å². The predicted octanol–water partition coefficient (Wildman–Crippen LogP) is 1.72. The van der Waals surface area contributed by atoms with Crippen LogP contribution in [0.25, 0.3) is 0 Å². The van der Waals surface area contributed by atoms with Crippen molar-refractivity contribution in [2.75, 3.05) is 18.5 Å². The predicted molar refractivity (Wildman–Crippen MR) is 60.0 cm³/mol. The molecule has 1 atom stereocenters. The van der Waals surface area contributed by atoms with E-state index in [1.165, 1.54) is 0 Å². The average Bonchev–Trinajstić information content (AvgIpc) is 2.19. The van der Waals surface area contributed by atoms with Crippen LogP contribution in [-0.2, 0) is 0 Å². The highest BCUT2D eigenvalue weighted by Crippen LogP contribution is 2.24. The summed E-state index contributed by atoms with van der Waals surface area (Å²) in [5.74, 6) is 0. The van der Waals surface area contributed by atoms with E-state index >= 15 is 0 Å². The van der Waals surface area contributed by atoms with Gasteiger partial charge in [0.15, 0.2) is 0 Å². The molecule has 0 amide bonds. The van der Waals surface area contributed by atoms with Crippen LogP contribution in [0.5, 0.6) is 0 Å². The van der Waals surface area contributed by atoms with E-state index in [9.17, 15) is 0 Å². The Morgan fingerprint density at radius 1 is 1.36 bits per heavy atom. The van der Waals surface area contributed by atoms with Gasteiger partial charge in [0.05, 0.1) is 16.7 Å². The number of aliphatic hydroxyl groups is 1. The Bertz CT molecular complexity index is 307. The highest BCUT2D eigenvalue weighted by Gasteiger charge is 2.01. The summed E-state index contributed by atoms with van der Waals surface area (Å²) in [6.45, 7) is 0.447. The van der Waals surface area contributed by atoms with Crippen LogP contribution in [0, 0.1) is 0 Å². The molecule has 0 spiro atoms. The fourth-order valence-electron chi connectivity index (χ4n) is 0.920. The van der Waals surface area contributed by atoms with Crippen molar-refractivity contribution in [3.8, 4) is 0 Å². The molecule has 0 bridgehead atoms. The van der Waals surface area contributed by atoms with E-state index in [0.717, 1.165) is 5.69 Å². The smallest absolute Gasteiger partial charge is 0.0612 e. The van der Waals surface area contributed by atoms with Crippen molar-refractivity contribution in [1.82, 2.24) is 0 Å². The average molecular weight is 235 g/mol. The van der Waals surface area contributed by atoms with Gasteiger partial charge in [-0.2, -0.15) is 0 Å². The maximum absolute atomic E-state index is 8.70. The quantitative estimate of drug-likeness (QED) is 0.744. The molecular formula is C9H12Cl2N2O. The number of aliphatic hydroxyl groups excluding tert-OH is 1. The first-order valence-corrected chi connectivity index (χ1v) is 4.94. The van der Waals surface area contributed by atoms with Gasteiger partial charge in [-0.25, -0.2) is 0 Å². The fraction of sp³-hybridized carbons (Fsp3) is 0.333. The SMILES string of the molecule is NC(CO)CNc1ccc(Cl)c(Cl)c1. The zero-order valence-electron chi connectivity index (χ0n) is 7.50. The number of hydrogen-bond acceptors (Lipinski definition) is 3. The zero-order chi connectivity index (χ0) is 10.6. The second-order valence-electron chi connectivity index (χ2n) is 2.95. The van der Waals surface area contributed by atoms with Crippen LogP contribution >= 0.6 is 23.2 Å². The van der Waals surface area contributed by atoms with Crippen LogP contribution in [0.2, 0.25) is 10.0 Å². The number of rotatable bonds is 4. The van der Waals surface area contributed by atoms with Crippen LogP contribution in [0.1, 0.15) is 0 Å². The maximum atomic E-state index is 8.70. The third-order valence-electron chi connectivity index (χ3n) is 1.72. The number of nitrogens with one attached hydrogen (secondary N) is 1. The molecule has 1 aromatic rings. The molecule has 0 aliphatic rings. The lowest BCUT2D eigenvalue weighted by molar-refractivity contribution is 0.270. The van der Waals surface area contributed by atoms with Gasteiger partial charge in [0.25, 0.3) is 0 Å². The first kappa shape index (κ1) is 11.6. The Labute approximate surface area is 92.8 Å². The van der Waals surface area contributed by atoms with Crippen molar-refractivity contribution in [2.24, 2.45) is 5.73 Å². The van der Waals surface area contributed by atoms with Crippen molar-refractivity contribution < 1.29 is 5.11 Å². The summed E-state index contributed by atoms with van der Waals surface area (Å²) in [6.07, 6.45) is 0. The molecule has 0 saturated carbocycles. The number of benzene rings is 1. The van der Waals surface area contributed by atoms with E-state index in [0.29, 0.717) is 16.6 Å². The molecule has 1 rings (SSSR count). The molecule has 0 fully saturated rings. The van der Waals surface area contributed by atoms with Crippen molar-refractivity contribution >= 4 is 28.9 Å². The van der Waals surface area contributed by atoms with Gasteiger partial charge >= 0.3 is 0 Å². The number of nitrogens with two attached hydrogens (primary N) is 1. The van der Waals surface area contributed by atoms with E-state index in [1.807, 2.05) is 0 Å². The maximum Gasteiger partial charge on any atom is 0.0612 e. The summed E-state index contributed by atoms with van der Waals surface area (Å²) in [4.78, 5) is 0. The zero-order valence-corrected chi connectivity index (χ0v) is 9.02. The first-order valence-electron chi connectivity index (χ1n) is 4.19.